The maximum atomic E-state index is 4.52. The SMILES string of the molecule is CC1=CC(C)=C(c2ccccc2C=NNc2c(C)cc(C)cc2C)C1. The van der Waals surface area contributed by atoms with Gasteiger partial charge in [-0.1, -0.05) is 53.6 Å². The molecule has 128 valence electrons. The van der Waals surface area contributed by atoms with Crippen molar-refractivity contribution in [2.45, 2.75) is 41.0 Å². The number of benzene rings is 2. The summed E-state index contributed by atoms with van der Waals surface area (Å²) in [6, 6.07) is 12.8. The highest BCUT2D eigenvalue weighted by atomic mass is 15.3. The number of nitrogens with zero attached hydrogens (tertiary/aromatic N) is 1. The van der Waals surface area contributed by atoms with Crippen LogP contribution in [-0.2, 0) is 0 Å². The molecule has 1 aliphatic carbocycles. The first kappa shape index (κ1) is 17.2. The zero-order chi connectivity index (χ0) is 18.0. The lowest BCUT2D eigenvalue weighted by Gasteiger charge is -2.11. The van der Waals surface area contributed by atoms with Crippen LogP contribution < -0.4 is 5.43 Å². The summed E-state index contributed by atoms with van der Waals surface area (Å²) in [5.41, 5.74) is 14.6. The maximum absolute atomic E-state index is 4.52. The van der Waals surface area contributed by atoms with Crippen molar-refractivity contribution in [2.75, 3.05) is 5.43 Å². The van der Waals surface area contributed by atoms with E-state index in [9.17, 15) is 0 Å². The van der Waals surface area contributed by atoms with Gasteiger partial charge in [-0.25, -0.2) is 0 Å². The summed E-state index contributed by atoms with van der Waals surface area (Å²) in [7, 11) is 0. The molecule has 0 aromatic heterocycles. The third kappa shape index (κ3) is 3.74. The van der Waals surface area contributed by atoms with E-state index in [0.717, 1.165) is 17.7 Å². The summed E-state index contributed by atoms with van der Waals surface area (Å²) in [4.78, 5) is 0. The van der Waals surface area contributed by atoms with Crippen molar-refractivity contribution in [2.24, 2.45) is 5.10 Å². The molecule has 1 N–H and O–H groups in total. The van der Waals surface area contributed by atoms with Gasteiger partial charge in [-0.3, -0.25) is 5.43 Å². The van der Waals surface area contributed by atoms with E-state index in [1.165, 1.54) is 39.0 Å². The second-order valence-electron chi connectivity index (χ2n) is 7.06. The van der Waals surface area contributed by atoms with E-state index in [0.29, 0.717) is 0 Å². The Hall–Kier alpha value is -2.61. The maximum Gasteiger partial charge on any atom is 0.0620 e. The molecule has 0 atom stereocenters. The van der Waals surface area contributed by atoms with Crippen molar-refractivity contribution in [3.63, 3.8) is 0 Å². The Morgan fingerprint density at radius 1 is 0.960 bits per heavy atom. The standard InChI is InChI=1S/C23H26N2/c1-15-11-18(4)23(19(5)12-15)25-24-14-20-8-6-7-9-21(20)22-13-16(2)10-17(22)3/h6-12,14,25H,13H2,1-5H3. The third-order valence-electron chi connectivity index (χ3n) is 4.74. The van der Waals surface area contributed by atoms with Crippen LogP contribution >= 0.6 is 0 Å². The largest absolute Gasteiger partial charge is 0.278 e. The molecule has 0 spiro atoms. The van der Waals surface area contributed by atoms with Gasteiger partial charge in [-0.05, 0) is 68.9 Å². The fourth-order valence-corrected chi connectivity index (χ4v) is 3.64. The Labute approximate surface area is 151 Å². The van der Waals surface area contributed by atoms with Crippen molar-refractivity contribution in [1.82, 2.24) is 0 Å². The molecule has 3 rings (SSSR count). The van der Waals surface area contributed by atoms with Crippen molar-refractivity contribution in [3.05, 3.63) is 81.4 Å². The number of rotatable bonds is 4. The van der Waals surface area contributed by atoms with Crippen LogP contribution in [-0.4, -0.2) is 6.21 Å². The Kier molecular flexibility index (Phi) is 4.89. The summed E-state index contributed by atoms with van der Waals surface area (Å²) < 4.78 is 0. The second-order valence-corrected chi connectivity index (χ2v) is 7.06. The molecular formula is C23H26N2. The highest BCUT2D eigenvalue weighted by molar-refractivity contribution is 5.91. The number of hydrogen-bond acceptors (Lipinski definition) is 2. The summed E-state index contributed by atoms with van der Waals surface area (Å²) >= 11 is 0. The lowest BCUT2D eigenvalue weighted by atomic mass is 9.96. The van der Waals surface area contributed by atoms with Crippen LogP contribution in [0.15, 0.2) is 58.7 Å². The Bertz CT molecular complexity index is 875. The molecule has 0 fully saturated rings. The monoisotopic (exact) mass is 330 g/mol. The predicted octanol–water partition coefficient (Wildman–Crippen LogP) is 6.18. The molecule has 1 aliphatic rings. The molecule has 0 bridgehead atoms. The zero-order valence-corrected chi connectivity index (χ0v) is 15.8. The predicted molar refractivity (Wildman–Crippen MR) is 109 cm³/mol. The summed E-state index contributed by atoms with van der Waals surface area (Å²) in [5.74, 6) is 0. The lowest BCUT2D eigenvalue weighted by molar-refractivity contribution is 1.24. The van der Waals surface area contributed by atoms with Gasteiger partial charge in [-0.2, -0.15) is 5.10 Å². The van der Waals surface area contributed by atoms with E-state index in [1.54, 1.807) is 0 Å². The fourth-order valence-electron chi connectivity index (χ4n) is 3.64. The normalized spacial score (nSPS) is 14.4. The molecule has 2 heteroatoms. The molecule has 0 unspecified atom stereocenters. The summed E-state index contributed by atoms with van der Waals surface area (Å²) in [6.45, 7) is 10.7. The van der Waals surface area contributed by atoms with E-state index in [2.05, 4.69) is 87.6 Å². The van der Waals surface area contributed by atoms with Crippen LogP contribution in [0.4, 0.5) is 5.69 Å². The van der Waals surface area contributed by atoms with Crippen molar-refractivity contribution in [1.29, 1.82) is 0 Å². The number of hydrazone groups is 1. The molecular weight excluding hydrogens is 304 g/mol. The van der Waals surface area contributed by atoms with E-state index in [1.807, 2.05) is 6.21 Å². The average Bonchev–Trinajstić information content (AvgIpc) is 2.88. The first-order chi connectivity index (χ1) is 12.0. The first-order valence-corrected chi connectivity index (χ1v) is 8.79. The van der Waals surface area contributed by atoms with Gasteiger partial charge in [-0.15, -0.1) is 0 Å². The number of anilines is 1. The van der Waals surface area contributed by atoms with E-state index in [-0.39, 0.29) is 0 Å². The summed E-state index contributed by atoms with van der Waals surface area (Å²) in [6.07, 6.45) is 5.24. The zero-order valence-electron chi connectivity index (χ0n) is 15.8. The van der Waals surface area contributed by atoms with Crippen molar-refractivity contribution >= 4 is 17.5 Å². The van der Waals surface area contributed by atoms with Crippen LogP contribution in [0.1, 0.15) is 48.1 Å². The molecule has 2 aromatic carbocycles. The minimum Gasteiger partial charge on any atom is -0.278 e. The van der Waals surface area contributed by atoms with Gasteiger partial charge in [0.05, 0.1) is 11.9 Å². The lowest BCUT2D eigenvalue weighted by Crippen LogP contribution is -1.98. The van der Waals surface area contributed by atoms with Gasteiger partial charge in [0.1, 0.15) is 0 Å². The van der Waals surface area contributed by atoms with Crippen LogP contribution in [0.25, 0.3) is 5.57 Å². The number of aryl methyl sites for hydroxylation is 3. The van der Waals surface area contributed by atoms with Gasteiger partial charge in [0.2, 0.25) is 0 Å². The molecule has 0 radical (unpaired) electrons. The molecule has 0 saturated carbocycles. The second kappa shape index (κ2) is 7.10. The van der Waals surface area contributed by atoms with Crippen molar-refractivity contribution in [3.8, 4) is 0 Å². The Morgan fingerprint density at radius 3 is 2.28 bits per heavy atom. The number of nitrogens with one attached hydrogen (secondary N) is 1. The van der Waals surface area contributed by atoms with Crippen LogP contribution in [0.2, 0.25) is 0 Å². The quantitative estimate of drug-likeness (QED) is 0.525. The fraction of sp³-hybridized carbons (Fsp3) is 0.261. The number of hydrogen-bond donors (Lipinski definition) is 1. The Morgan fingerprint density at radius 2 is 1.64 bits per heavy atom. The van der Waals surface area contributed by atoms with Crippen molar-refractivity contribution < 1.29 is 0 Å². The topological polar surface area (TPSA) is 24.4 Å². The van der Waals surface area contributed by atoms with Gasteiger partial charge in [0.15, 0.2) is 0 Å². The van der Waals surface area contributed by atoms with Crippen LogP contribution in [0.5, 0.6) is 0 Å². The molecule has 0 aliphatic heterocycles. The molecule has 25 heavy (non-hydrogen) atoms. The Balaban J connectivity index is 1.86. The van der Waals surface area contributed by atoms with E-state index in [4.69, 9.17) is 0 Å². The minimum atomic E-state index is 1.03. The number of allylic oxidation sites excluding steroid dienone is 4. The molecule has 0 heterocycles. The average molecular weight is 330 g/mol. The van der Waals surface area contributed by atoms with Crippen LogP contribution in [0.3, 0.4) is 0 Å². The molecule has 2 nitrogen and oxygen atoms in total. The highest BCUT2D eigenvalue weighted by Gasteiger charge is 2.14. The van der Waals surface area contributed by atoms with E-state index < -0.39 is 0 Å². The molecule has 0 amide bonds. The summed E-state index contributed by atoms with van der Waals surface area (Å²) in [5, 5.41) is 4.52. The molecule has 2 aromatic rings. The van der Waals surface area contributed by atoms with Gasteiger partial charge in [0, 0.05) is 5.56 Å². The van der Waals surface area contributed by atoms with Gasteiger partial charge >= 0.3 is 0 Å². The smallest absolute Gasteiger partial charge is 0.0620 e. The van der Waals surface area contributed by atoms with E-state index >= 15 is 0 Å². The third-order valence-corrected chi connectivity index (χ3v) is 4.74. The van der Waals surface area contributed by atoms with Gasteiger partial charge in [0.25, 0.3) is 0 Å². The van der Waals surface area contributed by atoms with Gasteiger partial charge < -0.3 is 0 Å². The minimum absolute atomic E-state index is 1.03. The molecule has 0 saturated heterocycles. The van der Waals surface area contributed by atoms with Crippen LogP contribution in [0, 0.1) is 20.8 Å². The first-order valence-electron chi connectivity index (χ1n) is 8.79. The highest BCUT2D eigenvalue weighted by Crippen LogP contribution is 2.34.